The molecular weight excluding hydrogens is 436 g/mol. The highest BCUT2D eigenvalue weighted by atomic mass is 16.6. The van der Waals surface area contributed by atoms with E-state index in [1.54, 1.807) is 17.7 Å². The number of likely N-dealkylation sites (N-methyl/N-ethyl adjacent to an activating group) is 1. The average Bonchev–Trinajstić information content (AvgIpc) is 3.01. The molecular formula is C25H34N4O5. The van der Waals surface area contributed by atoms with Crippen LogP contribution in [0.3, 0.4) is 0 Å². The SMILES string of the molecule is CC(C)n1c(=O)c(OC(=O)NC2C[C@H]3CC[C@@H](C2)N3CC(O)CN(C)C=O)cc2ccccc21. The number of piperidine rings is 1. The third kappa shape index (κ3) is 5.10. The Kier molecular flexibility index (Phi) is 7.23. The number of aliphatic hydroxyl groups excluding tert-OH is 1. The van der Waals surface area contributed by atoms with Crippen LogP contribution < -0.4 is 15.6 Å². The number of benzene rings is 1. The van der Waals surface area contributed by atoms with E-state index in [1.165, 1.54) is 4.90 Å². The minimum atomic E-state index is -0.617. The summed E-state index contributed by atoms with van der Waals surface area (Å²) in [7, 11) is 1.65. The number of amides is 2. The van der Waals surface area contributed by atoms with Crippen molar-refractivity contribution in [1.29, 1.82) is 0 Å². The van der Waals surface area contributed by atoms with Gasteiger partial charge in [0.2, 0.25) is 6.41 Å². The summed E-state index contributed by atoms with van der Waals surface area (Å²) >= 11 is 0. The number of fused-ring (bicyclic) bond motifs is 3. The fraction of sp³-hybridized carbons (Fsp3) is 0.560. The Morgan fingerprint density at radius 3 is 2.59 bits per heavy atom. The van der Waals surface area contributed by atoms with E-state index in [2.05, 4.69) is 10.2 Å². The lowest BCUT2D eigenvalue weighted by molar-refractivity contribution is -0.118. The summed E-state index contributed by atoms with van der Waals surface area (Å²) in [6, 6.07) is 9.57. The molecule has 0 aliphatic carbocycles. The van der Waals surface area contributed by atoms with Gasteiger partial charge in [-0.3, -0.25) is 14.5 Å². The standard InChI is InChI=1S/C25H34N4O5/c1-16(2)29-22-7-5-4-6-17(22)10-23(24(29)32)34-25(33)26-18-11-19-8-9-20(12-18)28(19)14-21(31)13-27(3)15-30/h4-7,10,15-16,18-21,31H,8-9,11-14H2,1-3H3,(H,26,33)/t18?,19-,20+,21?. The minimum Gasteiger partial charge on any atom is -0.404 e. The van der Waals surface area contributed by atoms with Gasteiger partial charge in [0.05, 0.1) is 11.6 Å². The molecule has 9 nitrogen and oxygen atoms in total. The van der Waals surface area contributed by atoms with Crippen molar-refractivity contribution < 1.29 is 19.4 Å². The van der Waals surface area contributed by atoms with Gasteiger partial charge in [-0.15, -0.1) is 0 Å². The van der Waals surface area contributed by atoms with Crippen LogP contribution in [0, 0.1) is 0 Å². The molecule has 0 radical (unpaired) electrons. The summed E-state index contributed by atoms with van der Waals surface area (Å²) in [4.78, 5) is 40.3. The van der Waals surface area contributed by atoms with E-state index >= 15 is 0 Å². The number of ether oxygens (including phenoxy) is 1. The first-order valence-corrected chi connectivity index (χ1v) is 12.0. The highest BCUT2D eigenvalue weighted by Gasteiger charge is 2.41. The Bertz CT molecular complexity index is 1090. The second-order valence-corrected chi connectivity index (χ2v) is 9.82. The van der Waals surface area contributed by atoms with Crippen LogP contribution in [0.1, 0.15) is 45.6 Å². The number of hydrogen-bond acceptors (Lipinski definition) is 6. The van der Waals surface area contributed by atoms with Gasteiger partial charge in [0, 0.05) is 49.7 Å². The van der Waals surface area contributed by atoms with Crippen molar-refractivity contribution >= 4 is 23.4 Å². The molecule has 1 aromatic carbocycles. The number of nitrogens with zero attached hydrogens (tertiary/aromatic N) is 3. The lowest BCUT2D eigenvalue weighted by Crippen LogP contribution is -2.53. The Balaban J connectivity index is 1.40. The van der Waals surface area contributed by atoms with Gasteiger partial charge in [-0.05, 0) is 51.7 Å². The number of hydrogen-bond donors (Lipinski definition) is 2. The Labute approximate surface area is 199 Å². The molecule has 2 amide bonds. The summed E-state index contributed by atoms with van der Waals surface area (Å²) in [5.74, 6) is 0.0210. The van der Waals surface area contributed by atoms with Crippen molar-refractivity contribution in [2.45, 2.75) is 69.8 Å². The largest absolute Gasteiger partial charge is 0.413 e. The molecule has 9 heteroatoms. The summed E-state index contributed by atoms with van der Waals surface area (Å²) < 4.78 is 7.15. The predicted octanol–water partition coefficient (Wildman–Crippen LogP) is 2.12. The first-order chi connectivity index (χ1) is 16.3. The van der Waals surface area contributed by atoms with Crippen LogP contribution in [-0.2, 0) is 4.79 Å². The van der Waals surface area contributed by atoms with Gasteiger partial charge in [-0.25, -0.2) is 4.79 Å². The second kappa shape index (κ2) is 10.1. The molecule has 4 rings (SSSR count). The number of carbonyl (C=O) groups excluding carboxylic acids is 2. The van der Waals surface area contributed by atoms with Gasteiger partial charge in [-0.2, -0.15) is 0 Å². The third-order valence-corrected chi connectivity index (χ3v) is 6.94. The molecule has 2 aliphatic heterocycles. The van der Waals surface area contributed by atoms with E-state index in [-0.39, 0.29) is 35.5 Å². The molecule has 3 heterocycles. The molecule has 2 fully saturated rings. The monoisotopic (exact) mass is 470 g/mol. The third-order valence-electron chi connectivity index (χ3n) is 6.94. The molecule has 2 bridgehead atoms. The Hall–Kier alpha value is -2.91. The van der Waals surface area contributed by atoms with Gasteiger partial charge < -0.3 is 24.6 Å². The smallest absolute Gasteiger partial charge is 0.404 e. The van der Waals surface area contributed by atoms with E-state index in [0.29, 0.717) is 19.5 Å². The average molecular weight is 471 g/mol. The normalized spacial score (nSPS) is 23.1. The van der Waals surface area contributed by atoms with Gasteiger partial charge in [0.1, 0.15) is 0 Å². The minimum absolute atomic E-state index is 0.0210. The molecule has 34 heavy (non-hydrogen) atoms. The van der Waals surface area contributed by atoms with Crippen molar-refractivity contribution in [3.05, 3.63) is 40.7 Å². The van der Waals surface area contributed by atoms with Gasteiger partial charge in [-0.1, -0.05) is 18.2 Å². The van der Waals surface area contributed by atoms with E-state index in [1.807, 2.05) is 38.1 Å². The van der Waals surface area contributed by atoms with Gasteiger partial charge in [0.25, 0.3) is 5.56 Å². The maximum atomic E-state index is 13.0. The maximum absolute atomic E-state index is 13.0. The molecule has 2 N–H and O–H groups in total. The number of para-hydroxylation sites is 1. The first kappa shape index (κ1) is 24.2. The summed E-state index contributed by atoms with van der Waals surface area (Å²) in [5, 5.41) is 14.1. The quantitative estimate of drug-likeness (QED) is 0.573. The summed E-state index contributed by atoms with van der Waals surface area (Å²) in [6.45, 7) is 4.66. The zero-order valence-corrected chi connectivity index (χ0v) is 20.0. The number of aliphatic hydroxyl groups is 1. The predicted molar refractivity (Wildman–Crippen MR) is 129 cm³/mol. The zero-order valence-electron chi connectivity index (χ0n) is 20.0. The molecule has 2 aliphatic rings. The van der Waals surface area contributed by atoms with E-state index in [4.69, 9.17) is 4.74 Å². The molecule has 2 saturated heterocycles. The van der Waals surface area contributed by atoms with Crippen LogP contribution in [-0.4, -0.2) is 76.3 Å². The van der Waals surface area contributed by atoms with Crippen LogP contribution in [0.2, 0.25) is 0 Å². The molecule has 2 aromatic rings. The molecule has 1 aromatic heterocycles. The van der Waals surface area contributed by atoms with Crippen LogP contribution in [0.15, 0.2) is 35.1 Å². The topological polar surface area (TPSA) is 104 Å². The van der Waals surface area contributed by atoms with Crippen molar-refractivity contribution in [1.82, 2.24) is 19.7 Å². The number of aromatic nitrogens is 1. The summed E-state index contributed by atoms with van der Waals surface area (Å²) in [5.41, 5.74) is 0.480. The van der Waals surface area contributed by atoms with Crippen LogP contribution >= 0.6 is 0 Å². The number of rotatable bonds is 8. The van der Waals surface area contributed by atoms with Crippen LogP contribution in [0.4, 0.5) is 4.79 Å². The van der Waals surface area contributed by atoms with Crippen molar-refractivity contribution in [2.24, 2.45) is 0 Å². The van der Waals surface area contributed by atoms with Crippen molar-refractivity contribution in [3.8, 4) is 5.75 Å². The van der Waals surface area contributed by atoms with Crippen molar-refractivity contribution in [2.75, 3.05) is 20.1 Å². The first-order valence-electron chi connectivity index (χ1n) is 12.0. The molecule has 2 unspecified atom stereocenters. The lowest BCUT2D eigenvalue weighted by atomic mass is 9.97. The molecule has 4 atom stereocenters. The van der Waals surface area contributed by atoms with E-state index < -0.39 is 12.2 Å². The highest BCUT2D eigenvalue weighted by molar-refractivity contribution is 5.81. The number of pyridine rings is 1. The van der Waals surface area contributed by atoms with Gasteiger partial charge >= 0.3 is 6.09 Å². The Morgan fingerprint density at radius 2 is 1.94 bits per heavy atom. The fourth-order valence-electron chi connectivity index (χ4n) is 5.51. The maximum Gasteiger partial charge on any atom is 0.413 e. The molecule has 0 saturated carbocycles. The molecule has 184 valence electrons. The number of carbonyl (C=O) groups is 2. The highest BCUT2D eigenvalue weighted by Crippen LogP contribution is 2.35. The Morgan fingerprint density at radius 1 is 1.26 bits per heavy atom. The van der Waals surface area contributed by atoms with Crippen molar-refractivity contribution in [3.63, 3.8) is 0 Å². The van der Waals surface area contributed by atoms with Crippen LogP contribution in [0.5, 0.6) is 5.75 Å². The van der Waals surface area contributed by atoms with E-state index in [9.17, 15) is 19.5 Å². The lowest BCUT2D eigenvalue weighted by Gasteiger charge is -2.40. The summed E-state index contributed by atoms with van der Waals surface area (Å²) in [6.07, 6.45) is 3.03. The molecule has 0 spiro atoms. The second-order valence-electron chi connectivity index (χ2n) is 9.82. The fourth-order valence-corrected chi connectivity index (χ4v) is 5.51. The van der Waals surface area contributed by atoms with Gasteiger partial charge in [0.15, 0.2) is 5.75 Å². The van der Waals surface area contributed by atoms with Crippen LogP contribution in [0.25, 0.3) is 10.9 Å². The number of nitrogens with one attached hydrogen (secondary N) is 1. The zero-order chi connectivity index (χ0) is 24.4. The van der Waals surface area contributed by atoms with E-state index in [0.717, 1.165) is 36.6 Å².